The van der Waals surface area contributed by atoms with Crippen molar-refractivity contribution in [2.75, 3.05) is 13.2 Å². The Morgan fingerprint density at radius 2 is 2.00 bits per heavy atom. The molecule has 0 bridgehead atoms. The van der Waals surface area contributed by atoms with Gasteiger partial charge in [0.25, 0.3) is 0 Å². The number of aromatic nitrogens is 1. The Morgan fingerprint density at radius 1 is 1.32 bits per heavy atom. The van der Waals surface area contributed by atoms with Crippen LogP contribution in [-0.4, -0.2) is 52.5 Å². The average molecular weight is 365 g/mol. The molecule has 25 heavy (non-hydrogen) atoms. The van der Waals surface area contributed by atoms with E-state index in [1.165, 1.54) is 26.0 Å². The number of halogens is 3. The van der Waals surface area contributed by atoms with Gasteiger partial charge in [0.05, 0.1) is 19.3 Å². The molecule has 9 heteroatoms. The fourth-order valence-electron chi connectivity index (χ4n) is 2.64. The Bertz CT molecular complexity index is 576. The van der Waals surface area contributed by atoms with Crippen LogP contribution in [0.5, 0.6) is 5.88 Å². The van der Waals surface area contributed by atoms with Crippen LogP contribution in [0.25, 0.3) is 0 Å². The van der Waals surface area contributed by atoms with Gasteiger partial charge >= 0.3 is 6.18 Å². The van der Waals surface area contributed by atoms with Crippen LogP contribution in [0.3, 0.4) is 0 Å². The zero-order valence-corrected chi connectivity index (χ0v) is 14.2. The summed E-state index contributed by atoms with van der Waals surface area (Å²) >= 11 is 0. The molecular weight excluding hydrogens is 343 g/mol. The third-order valence-electron chi connectivity index (χ3n) is 3.84. The summed E-state index contributed by atoms with van der Waals surface area (Å²) < 4.78 is 55.0. The van der Waals surface area contributed by atoms with E-state index in [0.29, 0.717) is 0 Å². The van der Waals surface area contributed by atoms with E-state index in [1.54, 1.807) is 6.92 Å². The van der Waals surface area contributed by atoms with E-state index in [2.05, 4.69) is 4.98 Å². The molecule has 0 unspecified atom stereocenters. The second kappa shape index (κ2) is 7.45. The van der Waals surface area contributed by atoms with Crippen molar-refractivity contribution in [3.05, 3.63) is 23.9 Å². The molecule has 0 aromatic carbocycles. The van der Waals surface area contributed by atoms with Crippen molar-refractivity contribution in [3.8, 4) is 5.88 Å². The third kappa shape index (κ3) is 5.27. The molecule has 142 valence electrons. The van der Waals surface area contributed by atoms with Crippen LogP contribution in [0.1, 0.15) is 26.5 Å². The molecule has 2 N–H and O–H groups in total. The highest BCUT2D eigenvalue weighted by Gasteiger charge is 2.42. The first-order valence-electron chi connectivity index (χ1n) is 7.85. The molecule has 0 aliphatic carbocycles. The number of aliphatic hydroxyl groups is 2. The lowest BCUT2D eigenvalue weighted by Crippen LogP contribution is -2.55. The molecule has 1 fully saturated rings. The Hall–Kier alpha value is -1.42. The number of hydrogen-bond donors (Lipinski definition) is 2. The molecular formula is C16H22F3NO5. The minimum absolute atomic E-state index is 0.0196. The number of alkyl halides is 3. The van der Waals surface area contributed by atoms with Crippen molar-refractivity contribution >= 4 is 0 Å². The highest BCUT2D eigenvalue weighted by atomic mass is 19.4. The van der Waals surface area contributed by atoms with Gasteiger partial charge in [0, 0.05) is 12.0 Å². The number of hydrogen-bond acceptors (Lipinski definition) is 6. The van der Waals surface area contributed by atoms with E-state index in [9.17, 15) is 23.4 Å². The van der Waals surface area contributed by atoms with Crippen molar-refractivity contribution in [3.63, 3.8) is 0 Å². The third-order valence-corrected chi connectivity index (χ3v) is 3.84. The zero-order valence-electron chi connectivity index (χ0n) is 14.2. The Morgan fingerprint density at radius 3 is 2.56 bits per heavy atom. The summed E-state index contributed by atoms with van der Waals surface area (Å²) in [7, 11) is 0. The van der Waals surface area contributed by atoms with Crippen LogP contribution in [0.15, 0.2) is 18.2 Å². The van der Waals surface area contributed by atoms with Gasteiger partial charge in [-0.05, 0) is 19.9 Å². The first-order chi connectivity index (χ1) is 11.5. The van der Waals surface area contributed by atoms with Gasteiger partial charge in [0.15, 0.2) is 11.9 Å². The van der Waals surface area contributed by atoms with Gasteiger partial charge in [-0.3, -0.25) is 0 Å². The van der Waals surface area contributed by atoms with Crippen LogP contribution in [0.4, 0.5) is 13.2 Å². The molecule has 4 atom stereocenters. The molecule has 1 aliphatic heterocycles. The monoisotopic (exact) mass is 365 g/mol. The average Bonchev–Trinajstić information content (AvgIpc) is 2.49. The quantitative estimate of drug-likeness (QED) is 0.777. The second-order valence-corrected chi connectivity index (χ2v) is 6.46. The van der Waals surface area contributed by atoms with Crippen LogP contribution in [0, 0.1) is 5.92 Å². The fraction of sp³-hybridized carbons (Fsp3) is 0.688. The van der Waals surface area contributed by atoms with Crippen LogP contribution in [-0.2, 0) is 15.7 Å². The van der Waals surface area contributed by atoms with Crippen LogP contribution in [0.2, 0.25) is 0 Å². The summed E-state index contributed by atoms with van der Waals surface area (Å²) in [6.07, 6.45) is -6.61. The summed E-state index contributed by atoms with van der Waals surface area (Å²) in [5, 5.41) is 19.3. The molecule has 0 spiro atoms. The fourth-order valence-corrected chi connectivity index (χ4v) is 2.64. The maximum absolute atomic E-state index is 12.8. The summed E-state index contributed by atoms with van der Waals surface area (Å²) in [6.45, 7) is 4.34. The van der Waals surface area contributed by atoms with Crippen molar-refractivity contribution in [1.82, 2.24) is 4.98 Å². The molecule has 0 saturated carbocycles. The van der Waals surface area contributed by atoms with Crippen molar-refractivity contribution < 1.29 is 37.6 Å². The minimum atomic E-state index is -4.58. The van der Waals surface area contributed by atoms with E-state index < -0.39 is 36.0 Å². The number of pyridine rings is 1. The first-order valence-corrected chi connectivity index (χ1v) is 7.85. The normalized spacial score (nSPS) is 28.0. The molecule has 6 nitrogen and oxygen atoms in total. The van der Waals surface area contributed by atoms with E-state index in [0.717, 1.165) is 6.07 Å². The Kier molecular flexibility index (Phi) is 5.93. The van der Waals surface area contributed by atoms with Crippen LogP contribution < -0.4 is 4.74 Å². The van der Waals surface area contributed by atoms with Crippen molar-refractivity contribution in [1.29, 1.82) is 0 Å². The van der Waals surface area contributed by atoms with Gasteiger partial charge < -0.3 is 24.4 Å². The molecule has 1 aromatic rings. The molecule has 2 heterocycles. The number of aliphatic hydroxyl groups excluding tert-OH is 1. The van der Waals surface area contributed by atoms with Gasteiger partial charge in [-0.2, -0.15) is 13.2 Å². The summed E-state index contributed by atoms with van der Waals surface area (Å²) in [5.74, 6) is -2.07. The highest BCUT2D eigenvalue weighted by Crippen LogP contribution is 2.31. The van der Waals surface area contributed by atoms with Gasteiger partial charge in [0.1, 0.15) is 11.8 Å². The van der Waals surface area contributed by atoms with E-state index >= 15 is 0 Å². The molecule has 1 aromatic heterocycles. The van der Waals surface area contributed by atoms with Gasteiger partial charge in [0.2, 0.25) is 5.88 Å². The van der Waals surface area contributed by atoms with Crippen molar-refractivity contribution in [2.24, 2.45) is 5.92 Å². The summed E-state index contributed by atoms with van der Waals surface area (Å²) in [5.41, 5.74) is -1.07. The molecule has 1 aliphatic rings. The maximum atomic E-state index is 12.8. The van der Waals surface area contributed by atoms with Crippen molar-refractivity contribution in [2.45, 2.75) is 51.0 Å². The lowest BCUT2D eigenvalue weighted by molar-refractivity contribution is -0.266. The minimum Gasteiger partial charge on any atom is -0.469 e. The number of ether oxygens (including phenoxy) is 3. The van der Waals surface area contributed by atoms with Crippen LogP contribution >= 0.6 is 0 Å². The predicted molar refractivity (Wildman–Crippen MR) is 80.8 cm³/mol. The molecule has 0 radical (unpaired) electrons. The smallest absolute Gasteiger partial charge is 0.433 e. The molecule has 1 saturated heterocycles. The van der Waals surface area contributed by atoms with E-state index in [1.807, 2.05) is 0 Å². The largest absolute Gasteiger partial charge is 0.469 e. The maximum Gasteiger partial charge on any atom is 0.433 e. The zero-order chi connectivity index (χ0) is 18.8. The van der Waals surface area contributed by atoms with E-state index in [-0.39, 0.29) is 25.0 Å². The SMILES string of the molecule is C[C@@H]1[C@H](OC(C)(C)O)[C@@H](Oc2cccc(C(F)(F)F)n2)CO[C@@H]1CO. The Labute approximate surface area is 143 Å². The molecule has 2 rings (SSSR count). The topological polar surface area (TPSA) is 81.0 Å². The lowest BCUT2D eigenvalue weighted by atomic mass is 9.91. The first kappa shape index (κ1) is 19.9. The highest BCUT2D eigenvalue weighted by molar-refractivity contribution is 5.18. The Balaban J connectivity index is 2.21. The van der Waals surface area contributed by atoms with Gasteiger partial charge in [-0.15, -0.1) is 0 Å². The second-order valence-electron chi connectivity index (χ2n) is 6.46. The van der Waals surface area contributed by atoms with Gasteiger partial charge in [-0.1, -0.05) is 13.0 Å². The summed E-state index contributed by atoms with van der Waals surface area (Å²) in [6, 6.07) is 3.35. The lowest BCUT2D eigenvalue weighted by Gasteiger charge is -2.42. The predicted octanol–water partition coefficient (Wildman–Crippen LogP) is 1.99. The summed E-state index contributed by atoms with van der Waals surface area (Å²) in [4.78, 5) is 3.46. The standard InChI is InChI=1S/C16H22F3NO5/c1-9-10(7-21)23-8-11(14(9)25-15(2,3)22)24-13-6-4-5-12(20-13)16(17,18)19/h4-6,9-11,14,21-22H,7-8H2,1-3H3/t9-,10+,11-,14-/m0/s1. The number of nitrogens with zero attached hydrogens (tertiary/aromatic N) is 1. The molecule has 0 amide bonds. The van der Waals surface area contributed by atoms with E-state index in [4.69, 9.17) is 14.2 Å². The number of rotatable bonds is 5. The van der Waals surface area contributed by atoms with Gasteiger partial charge in [-0.25, -0.2) is 4.98 Å².